The van der Waals surface area contributed by atoms with Crippen molar-refractivity contribution in [3.63, 3.8) is 0 Å². The number of hydrogen-bond donors (Lipinski definition) is 0. The number of hydrogen-bond acceptors (Lipinski definition) is 2. The zero-order valence-electron chi connectivity index (χ0n) is 10.1. The molecule has 1 aromatic heterocycles. The molecule has 0 aliphatic heterocycles. The van der Waals surface area contributed by atoms with Crippen LogP contribution in [0.25, 0.3) is 11.1 Å². The van der Waals surface area contributed by atoms with Gasteiger partial charge in [-0.2, -0.15) is 18.4 Å². The quantitative estimate of drug-likeness (QED) is 0.819. The third-order valence-corrected chi connectivity index (χ3v) is 3.09. The molecule has 0 N–H and O–H groups in total. The van der Waals surface area contributed by atoms with Crippen molar-refractivity contribution >= 4 is 11.6 Å². The van der Waals surface area contributed by atoms with Gasteiger partial charge in [-0.25, -0.2) is 0 Å². The van der Waals surface area contributed by atoms with Gasteiger partial charge < -0.3 is 0 Å². The summed E-state index contributed by atoms with van der Waals surface area (Å²) in [5, 5.41) is 9.06. The first-order valence-electron chi connectivity index (χ1n) is 5.60. The minimum atomic E-state index is -4.42. The standard InChI is InChI=1S/C14H8ClF3N2/c15-13-8-20-7-12(11(13)4-5-19)9-2-1-3-10(6-9)14(16,17)18/h1-3,6-8H,4H2. The Bertz CT molecular complexity index is 675. The molecule has 0 saturated heterocycles. The number of benzene rings is 1. The number of rotatable bonds is 2. The van der Waals surface area contributed by atoms with Gasteiger partial charge in [-0.15, -0.1) is 0 Å². The molecule has 1 heterocycles. The summed E-state index contributed by atoms with van der Waals surface area (Å²) in [7, 11) is 0. The first-order chi connectivity index (χ1) is 9.43. The summed E-state index contributed by atoms with van der Waals surface area (Å²) in [5.41, 5.74) is 0.492. The van der Waals surface area contributed by atoms with Crippen LogP contribution < -0.4 is 0 Å². The average molecular weight is 297 g/mol. The van der Waals surface area contributed by atoms with E-state index in [2.05, 4.69) is 4.98 Å². The van der Waals surface area contributed by atoms with E-state index >= 15 is 0 Å². The van der Waals surface area contributed by atoms with E-state index in [0.717, 1.165) is 12.1 Å². The van der Waals surface area contributed by atoms with Crippen molar-refractivity contribution < 1.29 is 13.2 Å². The molecule has 6 heteroatoms. The van der Waals surface area contributed by atoms with Crippen molar-refractivity contribution in [1.29, 1.82) is 5.26 Å². The monoisotopic (exact) mass is 296 g/mol. The molecule has 2 aromatic rings. The molecule has 0 amide bonds. The molecule has 0 aliphatic carbocycles. The topological polar surface area (TPSA) is 36.7 Å². The fraction of sp³-hybridized carbons (Fsp3) is 0.143. The second-order valence-electron chi connectivity index (χ2n) is 4.06. The Morgan fingerprint density at radius 3 is 2.65 bits per heavy atom. The van der Waals surface area contributed by atoms with Crippen molar-refractivity contribution in [2.24, 2.45) is 0 Å². The number of aromatic nitrogens is 1. The molecule has 0 saturated carbocycles. The van der Waals surface area contributed by atoms with Gasteiger partial charge in [0.1, 0.15) is 0 Å². The van der Waals surface area contributed by atoms with Crippen LogP contribution in [0.5, 0.6) is 0 Å². The zero-order valence-corrected chi connectivity index (χ0v) is 10.8. The highest BCUT2D eigenvalue weighted by Gasteiger charge is 2.30. The summed E-state index contributed by atoms with van der Waals surface area (Å²) in [5.74, 6) is 0. The molecule has 20 heavy (non-hydrogen) atoms. The van der Waals surface area contributed by atoms with Gasteiger partial charge in [0.2, 0.25) is 0 Å². The van der Waals surface area contributed by atoms with E-state index < -0.39 is 11.7 Å². The van der Waals surface area contributed by atoms with Crippen LogP contribution in [0.3, 0.4) is 0 Å². The smallest absolute Gasteiger partial charge is 0.263 e. The van der Waals surface area contributed by atoms with Crippen molar-refractivity contribution in [2.45, 2.75) is 12.6 Å². The Morgan fingerprint density at radius 2 is 2.00 bits per heavy atom. The van der Waals surface area contributed by atoms with E-state index in [0.29, 0.717) is 16.7 Å². The summed E-state index contributed by atoms with van der Waals surface area (Å²) in [4.78, 5) is 3.87. The third-order valence-electron chi connectivity index (χ3n) is 2.76. The minimum Gasteiger partial charge on any atom is -0.263 e. The normalized spacial score (nSPS) is 11.2. The van der Waals surface area contributed by atoms with E-state index in [9.17, 15) is 13.2 Å². The van der Waals surface area contributed by atoms with Crippen LogP contribution in [0, 0.1) is 11.3 Å². The highest BCUT2D eigenvalue weighted by Crippen LogP contribution is 2.34. The lowest BCUT2D eigenvalue weighted by molar-refractivity contribution is -0.137. The van der Waals surface area contributed by atoms with Crippen molar-refractivity contribution in [1.82, 2.24) is 4.98 Å². The zero-order chi connectivity index (χ0) is 14.8. The van der Waals surface area contributed by atoms with Crippen LogP contribution in [-0.4, -0.2) is 4.98 Å². The Hall–Kier alpha value is -2.06. The lowest BCUT2D eigenvalue weighted by atomic mass is 9.98. The lowest BCUT2D eigenvalue weighted by Gasteiger charge is -2.11. The summed E-state index contributed by atoms with van der Waals surface area (Å²) >= 11 is 5.95. The number of pyridine rings is 1. The molecule has 0 unspecified atom stereocenters. The van der Waals surface area contributed by atoms with Gasteiger partial charge in [0.25, 0.3) is 0 Å². The maximum absolute atomic E-state index is 12.7. The summed E-state index contributed by atoms with van der Waals surface area (Å²) in [6.45, 7) is 0. The maximum atomic E-state index is 12.7. The first kappa shape index (κ1) is 14.4. The van der Waals surface area contributed by atoms with E-state index in [1.807, 2.05) is 6.07 Å². The SMILES string of the molecule is N#CCc1c(Cl)cncc1-c1cccc(C(F)(F)F)c1. The summed E-state index contributed by atoms with van der Waals surface area (Å²) in [6, 6.07) is 6.80. The largest absolute Gasteiger partial charge is 0.416 e. The molecule has 0 fully saturated rings. The van der Waals surface area contributed by atoms with E-state index in [4.69, 9.17) is 16.9 Å². The molecule has 0 radical (unpaired) electrons. The van der Waals surface area contributed by atoms with Gasteiger partial charge in [0.05, 0.1) is 23.1 Å². The van der Waals surface area contributed by atoms with Crippen LogP contribution in [-0.2, 0) is 12.6 Å². The maximum Gasteiger partial charge on any atom is 0.416 e. The third kappa shape index (κ3) is 2.91. The van der Waals surface area contributed by atoms with Crippen LogP contribution in [0.1, 0.15) is 11.1 Å². The highest BCUT2D eigenvalue weighted by atomic mass is 35.5. The number of halogens is 4. The molecule has 0 aliphatic rings. The van der Waals surface area contributed by atoms with Crippen molar-refractivity contribution in [3.8, 4) is 17.2 Å². The number of nitrogens with zero attached hydrogens (tertiary/aromatic N) is 2. The van der Waals surface area contributed by atoms with Crippen LogP contribution in [0.15, 0.2) is 36.7 Å². The van der Waals surface area contributed by atoms with Gasteiger partial charge in [-0.05, 0) is 23.3 Å². The molecule has 0 bridgehead atoms. The molecule has 0 atom stereocenters. The fourth-order valence-electron chi connectivity index (χ4n) is 1.83. The van der Waals surface area contributed by atoms with E-state index in [1.54, 1.807) is 0 Å². The lowest BCUT2D eigenvalue weighted by Crippen LogP contribution is -2.04. The summed E-state index contributed by atoms with van der Waals surface area (Å²) in [6.07, 6.45) is -1.64. The second kappa shape index (κ2) is 5.51. The number of nitriles is 1. The van der Waals surface area contributed by atoms with Gasteiger partial charge in [-0.3, -0.25) is 4.98 Å². The average Bonchev–Trinajstić information content (AvgIpc) is 2.40. The molecular weight excluding hydrogens is 289 g/mol. The molecule has 0 spiro atoms. The second-order valence-corrected chi connectivity index (χ2v) is 4.47. The van der Waals surface area contributed by atoms with Crippen molar-refractivity contribution in [3.05, 3.63) is 52.8 Å². The Kier molecular flexibility index (Phi) is 3.96. The summed E-state index contributed by atoms with van der Waals surface area (Å²) < 4.78 is 38.2. The van der Waals surface area contributed by atoms with Crippen LogP contribution in [0.2, 0.25) is 5.02 Å². The fourth-order valence-corrected chi connectivity index (χ4v) is 2.06. The highest BCUT2D eigenvalue weighted by molar-refractivity contribution is 6.31. The van der Waals surface area contributed by atoms with Gasteiger partial charge in [0.15, 0.2) is 0 Å². The van der Waals surface area contributed by atoms with Gasteiger partial charge >= 0.3 is 6.18 Å². The van der Waals surface area contributed by atoms with Crippen LogP contribution >= 0.6 is 11.6 Å². The predicted molar refractivity (Wildman–Crippen MR) is 69.0 cm³/mol. The van der Waals surface area contributed by atoms with E-state index in [-0.39, 0.29) is 11.4 Å². The first-order valence-corrected chi connectivity index (χ1v) is 5.98. The molecule has 102 valence electrons. The molecule has 1 aromatic carbocycles. The van der Waals surface area contributed by atoms with Crippen LogP contribution in [0.4, 0.5) is 13.2 Å². The minimum absolute atomic E-state index is 0.00688. The molecule has 2 nitrogen and oxygen atoms in total. The predicted octanol–water partition coefficient (Wildman–Crippen LogP) is 4.49. The van der Waals surface area contributed by atoms with Crippen molar-refractivity contribution in [2.75, 3.05) is 0 Å². The van der Waals surface area contributed by atoms with Gasteiger partial charge in [-0.1, -0.05) is 23.7 Å². The Balaban J connectivity index is 2.58. The van der Waals surface area contributed by atoms with E-state index in [1.165, 1.54) is 24.5 Å². The number of alkyl halides is 3. The van der Waals surface area contributed by atoms with Gasteiger partial charge in [0, 0.05) is 18.0 Å². The molecular formula is C14H8ClF3N2. The molecule has 2 rings (SSSR count). The Labute approximate surface area is 118 Å². The Morgan fingerprint density at radius 1 is 1.25 bits per heavy atom.